The topological polar surface area (TPSA) is 49.3 Å². The Balaban J connectivity index is 2.12. The molecule has 0 unspecified atom stereocenters. The van der Waals surface area contributed by atoms with Crippen molar-refractivity contribution in [1.29, 1.82) is 0 Å². The molecule has 0 aliphatic carbocycles. The molecule has 0 atom stereocenters. The fraction of sp³-hybridized carbons (Fsp3) is 0.0714. The zero-order chi connectivity index (χ0) is 13.8. The second-order valence-electron chi connectivity index (χ2n) is 3.95. The van der Waals surface area contributed by atoms with Gasteiger partial charge in [-0.1, -0.05) is 29.8 Å². The number of carboxylic acids is 1. The molecule has 0 fully saturated rings. The molecule has 0 bridgehead atoms. The van der Waals surface area contributed by atoms with Crippen molar-refractivity contribution in [2.24, 2.45) is 0 Å². The molecule has 2 aromatic carbocycles. The molecular formula is C14H11ClFNO2. The first-order valence-electron chi connectivity index (χ1n) is 5.58. The number of hydrogen-bond acceptors (Lipinski definition) is 2. The van der Waals surface area contributed by atoms with Crippen LogP contribution in [0.4, 0.5) is 10.1 Å². The molecule has 0 heterocycles. The van der Waals surface area contributed by atoms with Crippen LogP contribution in [0, 0.1) is 5.82 Å². The van der Waals surface area contributed by atoms with Crippen molar-refractivity contribution in [3.05, 3.63) is 64.4 Å². The summed E-state index contributed by atoms with van der Waals surface area (Å²) >= 11 is 5.68. The Morgan fingerprint density at radius 1 is 1.26 bits per heavy atom. The molecule has 0 aromatic heterocycles. The smallest absolute Gasteiger partial charge is 0.335 e. The molecule has 0 radical (unpaired) electrons. The van der Waals surface area contributed by atoms with Crippen molar-refractivity contribution in [2.45, 2.75) is 6.54 Å². The van der Waals surface area contributed by atoms with E-state index in [4.69, 9.17) is 16.7 Å². The van der Waals surface area contributed by atoms with Crippen molar-refractivity contribution in [3.8, 4) is 0 Å². The first-order valence-corrected chi connectivity index (χ1v) is 5.96. The van der Waals surface area contributed by atoms with E-state index in [1.165, 1.54) is 18.2 Å². The van der Waals surface area contributed by atoms with Crippen LogP contribution in [0.15, 0.2) is 42.5 Å². The Morgan fingerprint density at radius 3 is 2.74 bits per heavy atom. The Bertz CT molecular complexity index is 616. The summed E-state index contributed by atoms with van der Waals surface area (Å²) in [6.45, 7) is 0.232. The number of rotatable bonds is 4. The van der Waals surface area contributed by atoms with E-state index in [1.807, 2.05) is 0 Å². The van der Waals surface area contributed by atoms with Gasteiger partial charge in [-0.3, -0.25) is 0 Å². The lowest BCUT2D eigenvalue weighted by Crippen LogP contribution is -2.03. The molecule has 3 nitrogen and oxygen atoms in total. The molecule has 0 amide bonds. The summed E-state index contributed by atoms with van der Waals surface area (Å²) in [7, 11) is 0. The highest BCUT2D eigenvalue weighted by Crippen LogP contribution is 2.19. The first-order chi connectivity index (χ1) is 9.08. The number of carbonyl (C=O) groups is 1. The average molecular weight is 280 g/mol. The predicted molar refractivity (Wildman–Crippen MR) is 72.1 cm³/mol. The molecule has 0 aliphatic heterocycles. The summed E-state index contributed by atoms with van der Waals surface area (Å²) in [6.07, 6.45) is 0. The fourth-order valence-electron chi connectivity index (χ4n) is 1.64. The van der Waals surface area contributed by atoms with Crippen LogP contribution in [0.3, 0.4) is 0 Å². The molecule has 0 aliphatic rings. The molecule has 98 valence electrons. The van der Waals surface area contributed by atoms with Gasteiger partial charge in [0, 0.05) is 17.8 Å². The van der Waals surface area contributed by atoms with E-state index < -0.39 is 11.8 Å². The molecule has 2 aromatic rings. The van der Waals surface area contributed by atoms with E-state index in [1.54, 1.807) is 24.3 Å². The van der Waals surface area contributed by atoms with Crippen molar-refractivity contribution >= 4 is 23.3 Å². The van der Waals surface area contributed by atoms with Gasteiger partial charge in [0.25, 0.3) is 0 Å². The Hall–Kier alpha value is -2.07. The number of aromatic carboxylic acids is 1. The van der Waals surface area contributed by atoms with Gasteiger partial charge in [0.1, 0.15) is 5.82 Å². The van der Waals surface area contributed by atoms with Crippen LogP contribution >= 0.6 is 11.6 Å². The van der Waals surface area contributed by atoms with Crippen molar-refractivity contribution in [3.63, 3.8) is 0 Å². The van der Waals surface area contributed by atoms with Gasteiger partial charge >= 0.3 is 5.97 Å². The molecule has 0 saturated heterocycles. The number of anilines is 1. The summed E-state index contributed by atoms with van der Waals surface area (Å²) in [5, 5.41) is 11.9. The van der Waals surface area contributed by atoms with Crippen LogP contribution < -0.4 is 5.32 Å². The zero-order valence-corrected chi connectivity index (χ0v) is 10.6. The predicted octanol–water partition coefficient (Wildman–Crippen LogP) is 3.79. The standard InChI is InChI=1S/C14H11ClFNO2/c15-12-6-2-4-10(13(12)16)8-17-11-5-1-3-9(7-11)14(18)19/h1-7,17H,8H2,(H,18,19). The maximum atomic E-state index is 13.6. The number of halogens is 2. The van der Waals surface area contributed by atoms with Crippen molar-refractivity contribution < 1.29 is 14.3 Å². The fourth-order valence-corrected chi connectivity index (χ4v) is 1.84. The van der Waals surface area contributed by atoms with Crippen LogP contribution in [-0.4, -0.2) is 11.1 Å². The Kier molecular flexibility index (Phi) is 4.02. The van der Waals surface area contributed by atoms with Crippen LogP contribution in [-0.2, 0) is 6.54 Å². The van der Waals surface area contributed by atoms with Gasteiger partial charge in [-0.05, 0) is 24.3 Å². The minimum absolute atomic E-state index is 0.0681. The van der Waals surface area contributed by atoms with Gasteiger partial charge in [0.15, 0.2) is 0 Å². The zero-order valence-electron chi connectivity index (χ0n) is 9.86. The second-order valence-corrected chi connectivity index (χ2v) is 4.36. The number of nitrogens with one attached hydrogen (secondary N) is 1. The quantitative estimate of drug-likeness (QED) is 0.895. The van der Waals surface area contributed by atoms with Gasteiger partial charge in [-0.25, -0.2) is 9.18 Å². The van der Waals surface area contributed by atoms with Crippen LogP contribution in [0.5, 0.6) is 0 Å². The number of carboxylic acid groups (broad SMARTS) is 1. The largest absolute Gasteiger partial charge is 0.478 e. The van der Waals surface area contributed by atoms with Gasteiger partial charge in [0.2, 0.25) is 0 Å². The van der Waals surface area contributed by atoms with E-state index in [0.29, 0.717) is 11.3 Å². The van der Waals surface area contributed by atoms with Gasteiger partial charge in [-0.15, -0.1) is 0 Å². The van der Waals surface area contributed by atoms with E-state index in [-0.39, 0.29) is 17.1 Å². The highest BCUT2D eigenvalue weighted by Gasteiger charge is 2.07. The lowest BCUT2D eigenvalue weighted by Gasteiger charge is -2.08. The third-order valence-corrected chi connectivity index (χ3v) is 2.92. The van der Waals surface area contributed by atoms with Crippen LogP contribution in [0.2, 0.25) is 5.02 Å². The average Bonchev–Trinajstić information content (AvgIpc) is 2.41. The van der Waals surface area contributed by atoms with Crippen molar-refractivity contribution in [2.75, 3.05) is 5.32 Å². The Morgan fingerprint density at radius 2 is 2.00 bits per heavy atom. The maximum Gasteiger partial charge on any atom is 0.335 e. The van der Waals surface area contributed by atoms with Gasteiger partial charge < -0.3 is 10.4 Å². The second kappa shape index (κ2) is 5.71. The third-order valence-electron chi connectivity index (χ3n) is 2.62. The molecular weight excluding hydrogens is 269 g/mol. The van der Waals surface area contributed by atoms with E-state index in [9.17, 15) is 9.18 Å². The molecule has 2 N–H and O–H groups in total. The maximum absolute atomic E-state index is 13.6. The lowest BCUT2D eigenvalue weighted by atomic mass is 10.2. The summed E-state index contributed by atoms with van der Waals surface area (Å²) in [5.41, 5.74) is 1.21. The van der Waals surface area contributed by atoms with Gasteiger partial charge in [0.05, 0.1) is 10.6 Å². The summed E-state index contributed by atoms with van der Waals surface area (Å²) in [6, 6.07) is 11.1. The molecule has 0 saturated carbocycles. The summed E-state index contributed by atoms with van der Waals surface area (Å²) in [5.74, 6) is -1.47. The van der Waals surface area contributed by atoms with Gasteiger partial charge in [-0.2, -0.15) is 0 Å². The number of benzene rings is 2. The first kappa shape index (κ1) is 13.4. The molecule has 2 rings (SSSR count). The highest BCUT2D eigenvalue weighted by atomic mass is 35.5. The van der Waals surface area contributed by atoms with E-state index in [2.05, 4.69) is 5.32 Å². The molecule has 0 spiro atoms. The van der Waals surface area contributed by atoms with Crippen LogP contribution in [0.25, 0.3) is 0 Å². The van der Waals surface area contributed by atoms with Crippen LogP contribution in [0.1, 0.15) is 15.9 Å². The highest BCUT2D eigenvalue weighted by molar-refractivity contribution is 6.30. The minimum atomic E-state index is -1.00. The normalized spacial score (nSPS) is 10.2. The SMILES string of the molecule is O=C(O)c1cccc(NCc2cccc(Cl)c2F)c1. The third kappa shape index (κ3) is 3.23. The monoisotopic (exact) mass is 279 g/mol. The minimum Gasteiger partial charge on any atom is -0.478 e. The molecule has 19 heavy (non-hydrogen) atoms. The molecule has 5 heteroatoms. The summed E-state index contributed by atoms with van der Waals surface area (Å²) in [4.78, 5) is 10.8. The van der Waals surface area contributed by atoms with E-state index in [0.717, 1.165) is 0 Å². The van der Waals surface area contributed by atoms with Crippen molar-refractivity contribution in [1.82, 2.24) is 0 Å². The van der Waals surface area contributed by atoms with E-state index >= 15 is 0 Å². The summed E-state index contributed by atoms with van der Waals surface area (Å²) < 4.78 is 13.6. The lowest BCUT2D eigenvalue weighted by molar-refractivity contribution is 0.0697. The number of hydrogen-bond donors (Lipinski definition) is 2. The Labute approximate surface area is 114 Å².